The summed E-state index contributed by atoms with van der Waals surface area (Å²) >= 11 is 0.845. The number of hydrogen-bond donors (Lipinski definition) is 2. The Bertz CT molecular complexity index is 1230. The molecule has 0 spiro atoms. The highest BCUT2D eigenvalue weighted by atomic mass is 32.2. The fraction of sp³-hybridized carbons (Fsp3) is 0.370. The van der Waals surface area contributed by atoms with Crippen LogP contribution in [0.1, 0.15) is 63.8 Å². The Balaban J connectivity index is 1.76. The molecule has 1 fully saturated rings. The van der Waals surface area contributed by atoms with Crippen LogP contribution in [-0.4, -0.2) is 28.8 Å². The summed E-state index contributed by atoms with van der Waals surface area (Å²) in [5.74, 6) is 0.235. The van der Waals surface area contributed by atoms with Crippen LogP contribution in [0.15, 0.2) is 35.2 Å². The van der Waals surface area contributed by atoms with Gasteiger partial charge in [0.2, 0.25) is 0 Å². The molecule has 2 aliphatic rings. The number of anilines is 1. The molecular formula is C27H30N2O5S. The normalized spacial score (nSPS) is 17.5. The Kier molecular flexibility index (Phi) is 6.21. The van der Waals surface area contributed by atoms with Gasteiger partial charge in [-0.15, -0.1) is 0 Å². The molecule has 0 aromatic heterocycles. The Labute approximate surface area is 209 Å². The highest BCUT2D eigenvalue weighted by Gasteiger charge is 2.30. The molecule has 184 valence electrons. The van der Waals surface area contributed by atoms with Gasteiger partial charge in [0.05, 0.1) is 17.1 Å². The Hall–Kier alpha value is -3.26. The third kappa shape index (κ3) is 5.07. The minimum atomic E-state index is -0.435. The van der Waals surface area contributed by atoms with E-state index in [0.717, 1.165) is 28.5 Å². The van der Waals surface area contributed by atoms with Crippen molar-refractivity contribution in [3.63, 3.8) is 0 Å². The average molecular weight is 495 g/mol. The van der Waals surface area contributed by atoms with Crippen molar-refractivity contribution in [1.29, 1.82) is 0 Å². The van der Waals surface area contributed by atoms with Crippen LogP contribution in [0.2, 0.25) is 0 Å². The Morgan fingerprint density at radius 1 is 1.03 bits per heavy atom. The van der Waals surface area contributed by atoms with E-state index < -0.39 is 11.1 Å². The maximum Gasteiger partial charge on any atom is 0.290 e. The predicted molar refractivity (Wildman–Crippen MR) is 138 cm³/mol. The number of thioether (sulfide) groups is 1. The van der Waals surface area contributed by atoms with Crippen LogP contribution in [0.25, 0.3) is 6.08 Å². The molecule has 0 atom stereocenters. The molecule has 2 aliphatic heterocycles. The standard InChI is InChI=1S/C27H30N2O5S/c1-26(2,3)17-9-16(10-18(23(17)31)27(4,5)6)13-29-19-11-15(7-8-20(19)34-14-22(29)30)12-21-24(32)28-25(33)35-21/h7-12,31H,13-14H2,1-6H3,(H,28,32,33)/b21-12-. The number of rotatable bonds is 3. The summed E-state index contributed by atoms with van der Waals surface area (Å²) in [6, 6.07) is 9.25. The molecule has 7 nitrogen and oxygen atoms in total. The fourth-order valence-corrected chi connectivity index (χ4v) is 4.85. The summed E-state index contributed by atoms with van der Waals surface area (Å²) in [5, 5.41) is 12.9. The SMILES string of the molecule is CC(C)(C)c1cc(CN2C(=O)COc3ccc(/C=C4\SC(=O)NC4=O)cc32)cc(C(C)(C)C)c1O. The molecule has 2 aromatic carbocycles. The summed E-state index contributed by atoms with van der Waals surface area (Å²) in [7, 11) is 0. The quantitative estimate of drug-likeness (QED) is 0.567. The number of carbonyl (C=O) groups excluding carboxylic acids is 3. The van der Waals surface area contributed by atoms with Gasteiger partial charge in [-0.25, -0.2) is 0 Å². The summed E-state index contributed by atoms with van der Waals surface area (Å²) in [6.45, 7) is 12.5. The van der Waals surface area contributed by atoms with Crippen LogP contribution in [0.3, 0.4) is 0 Å². The van der Waals surface area contributed by atoms with Gasteiger partial charge in [0.1, 0.15) is 11.5 Å². The first-order chi connectivity index (χ1) is 16.2. The van der Waals surface area contributed by atoms with Crippen molar-refractivity contribution >= 4 is 40.6 Å². The van der Waals surface area contributed by atoms with E-state index in [2.05, 4.69) is 46.9 Å². The number of hydrogen-bond acceptors (Lipinski definition) is 6. The van der Waals surface area contributed by atoms with Crippen molar-refractivity contribution in [2.45, 2.75) is 58.9 Å². The van der Waals surface area contributed by atoms with Crippen LogP contribution in [0.5, 0.6) is 11.5 Å². The second-order valence-corrected chi connectivity index (χ2v) is 11.9. The second-order valence-electron chi connectivity index (χ2n) is 10.9. The third-order valence-corrected chi connectivity index (χ3v) is 6.80. The van der Waals surface area contributed by atoms with Gasteiger partial charge < -0.3 is 14.7 Å². The molecule has 0 aliphatic carbocycles. The van der Waals surface area contributed by atoms with Crippen LogP contribution in [0, 0.1) is 0 Å². The first kappa shape index (κ1) is 24.9. The maximum absolute atomic E-state index is 13.0. The maximum atomic E-state index is 13.0. The second kappa shape index (κ2) is 8.75. The minimum absolute atomic E-state index is 0.0729. The Morgan fingerprint density at radius 2 is 1.66 bits per heavy atom. The van der Waals surface area contributed by atoms with Crippen LogP contribution >= 0.6 is 11.8 Å². The van der Waals surface area contributed by atoms with Crippen molar-refractivity contribution in [3.05, 3.63) is 57.5 Å². The van der Waals surface area contributed by atoms with E-state index in [-0.39, 0.29) is 23.3 Å². The van der Waals surface area contributed by atoms with Crippen molar-refractivity contribution < 1.29 is 24.2 Å². The zero-order valence-corrected chi connectivity index (χ0v) is 21.6. The van der Waals surface area contributed by atoms with Crippen LogP contribution in [-0.2, 0) is 27.0 Å². The summed E-state index contributed by atoms with van der Waals surface area (Å²) in [4.78, 5) is 38.4. The molecule has 1 saturated heterocycles. The van der Waals surface area contributed by atoms with Crippen molar-refractivity contribution in [2.75, 3.05) is 11.5 Å². The van der Waals surface area contributed by atoms with E-state index in [1.165, 1.54) is 0 Å². The minimum Gasteiger partial charge on any atom is -0.507 e. The first-order valence-corrected chi connectivity index (χ1v) is 12.2. The van der Waals surface area contributed by atoms with E-state index in [1.807, 2.05) is 12.1 Å². The molecule has 0 saturated carbocycles. The number of nitrogens with zero attached hydrogens (tertiary/aromatic N) is 1. The van der Waals surface area contributed by atoms with Gasteiger partial charge in [0.15, 0.2) is 6.61 Å². The number of benzene rings is 2. The third-order valence-electron chi connectivity index (χ3n) is 5.99. The summed E-state index contributed by atoms with van der Waals surface area (Å²) < 4.78 is 5.65. The largest absolute Gasteiger partial charge is 0.507 e. The number of carbonyl (C=O) groups is 3. The lowest BCUT2D eigenvalue weighted by Gasteiger charge is -2.32. The number of fused-ring (bicyclic) bond motifs is 1. The van der Waals surface area contributed by atoms with Gasteiger partial charge in [0, 0.05) is 0 Å². The monoisotopic (exact) mass is 494 g/mol. The van der Waals surface area contributed by atoms with Crippen LogP contribution < -0.4 is 15.0 Å². The molecule has 0 bridgehead atoms. The van der Waals surface area contributed by atoms with Crippen molar-refractivity contribution in [2.24, 2.45) is 0 Å². The lowest BCUT2D eigenvalue weighted by molar-refractivity contribution is -0.121. The fourth-order valence-electron chi connectivity index (χ4n) is 4.17. The summed E-state index contributed by atoms with van der Waals surface area (Å²) in [5.41, 5.74) is 3.25. The lowest BCUT2D eigenvalue weighted by Crippen LogP contribution is -2.38. The number of nitrogens with one attached hydrogen (secondary N) is 1. The molecular weight excluding hydrogens is 464 g/mol. The number of amides is 3. The molecule has 4 rings (SSSR count). The molecule has 3 amide bonds. The molecule has 2 aromatic rings. The van der Waals surface area contributed by atoms with E-state index in [1.54, 1.807) is 29.2 Å². The van der Waals surface area contributed by atoms with Gasteiger partial charge >= 0.3 is 0 Å². The summed E-state index contributed by atoms with van der Waals surface area (Å²) in [6.07, 6.45) is 1.62. The molecule has 8 heteroatoms. The highest BCUT2D eigenvalue weighted by Crippen LogP contribution is 2.41. The zero-order chi connectivity index (χ0) is 25.7. The molecule has 0 unspecified atom stereocenters. The van der Waals surface area contributed by atoms with Gasteiger partial charge in [0.25, 0.3) is 17.1 Å². The lowest BCUT2D eigenvalue weighted by atomic mass is 9.78. The van der Waals surface area contributed by atoms with E-state index >= 15 is 0 Å². The molecule has 2 heterocycles. The average Bonchev–Trinajstić information content (AvgIpc) is 3.06. The topological polar surface area (TPSA) is 95.9 Å². The molecule has 35 heavy (non-hydrogen) atoms. The van der Waals surface area contributed by atoms with Crippen molar-refractivity contribution in [1.82, 2.24) is 5.32 Å². The molecule has 2 N–H and O–H groups in total. The van der Waals surface area contributed by atoms with Crippen molar-refractivity contribution in [3.8, 4) is 11.5 Å². The number of imide groups is 1. The number of phenols is 1. The Morgan fingerprint density at radius 3 is 2.20 bits per heavy atom. The number of ether oxygens (including phenoxy) is 1. The van der Waals surface area contributed by atoms with Gasteiger partial charge in [-0.2, -0.15) is 0 Å². The van der Waals surface area contributed by atoms with Gasteiger partial charge in [-0.1, -0.05) is 47.6 Å². The first-order valence-electron chi connectivity index (χ1n) is 11.4. The smallest absolute Gasteiger partial charge is 0.290 e. The van der Waals surface area contributed by atoms with E-state index in [9.17, 15) is 19.5 Å². The van der Waals surface area contributed by atoms with E-state index in [0.29, 0.717) is 34.2 Å². The molecule has 0 radical (unpaired) electrons. The van der Waals surface area contributed by atoms with Gasteiger partial charge in [-0.05, 0) is 75.2 Å². The van der Waals surface area contributed by atoms with Crippen LogP contribution in [0.4, 0.5) is 10.5 Å². The highest BCUT2D eigenvalue weighted by molar-refractivity contribution is 8.18. The van der Waals surface area contributed by atoms with E-state index in [4.69, 9.17) is 4.74 Å². The zero-order valence-electron chi connectivity index (χ0n) is 20.8. The van der Waals surface area contributed by atoms with Gasteiger partial charge in [-0.3, -0.25) is 19.7 Å². The number of aromatic hydroxyl groups is 1. The number of phenolic OH excluding ortho intramolecular Hbond substituents is 1. The predicted octanol–water partition coefficient (Wildman–Crippen LogP) is 5.24.